The molecule has 6 nitrogen and oxygen atoms in total. The van der Waals surface area contributed by atoms with E-state index < -0.39 is 0 Å². The molecule has 0 radical (unpaired) electrons. The Morgan fingerprint density at radius 1 is 1.15 bits per heavy atom. The standard InChI is InChI=1S/C26H26ClN3O3/c1-3-18(2)19-8-10-22(11-9-19)32-17-23-12-13-25(33-23)26(31)29-21-14-28-30(16-21)15-20-6-4-5-7-24(20)27/h4-14,16,18H,3,15,17H2,1-2H3,(H,29,31). The lowest BCUT2D eigenvalue weighted by Gasteiger charge is -2.10. The van der Waals surface area contributed by atoms with Gasteiger partial charge in [-0.3, -0.25) is 9.48 Å². The summed E-state index contributed by atoms with van der Waals surface area (Å²) < 4.78 is 13.2. The van der Waals surface area contributed by atoms with Gasteiger partial charge in [-0.25, -0.2) is 0 Å². The molecule has 2 heterocycles. The van der Waals surface area contributed by atoms with Gasteiger partial charge >= 0.3 is 0 Å². The summed E-state index contributed by atoms with van der Waals surface area (Å²) in [5, 5.41) is 7.76. The van der Waals surface area contributed by atoms with Gasteiger partial charge in [0.25, 0.3) is 5.91 Å². The average Bonchev–Trinajstić information content (AvgIpc) is 3.49. The van der Waals surface area contributed by atoms with Crippen LogP contribution in [0.2, 0.25) is 5.02 Å². The van der Waals surface area contributed by atoms with Gasteiger partial charge in [0.05, 0.1) is 18.4 Å². The molecule has 0 saturated carbocycles. The van der Waals surface area contributed by atoms with Crippen LogP contribution in [-0.2, 0) is 13.2 Å². The van der Waals surface area contributed by atoms with Crippen molar-refractivity contribution in [2.24, 2.45) is 0 Å². The highest BCUT2D eigenvalue weighted by molar-refractivity contribution is 6.31. The van der Waals surface area contributed by atoms with E-state index in [1.807, 2.05) is 36.4 Å². The molecule has 0 aliphatic carbocycles. The Morgan fingerprint density at radius 3 is 2.70 bits per heavy atom. The highest BCUT2D eigenvalue weighted by Gasteiger charge is 2.13. The molecule has 1 amide bonds. The zero-order valence-corrected chi connectivity index (χ0v) is 19.4. The summed E-state index contributed by atoms with van der Waals surface area (Å²) in [5.41, 5.74) is 2.81. The molecule has 0 fully saturated rings. The average molecular weight is 464 g/mol. The Kier molecular flexibility index (Phi) is 7.15. The van der Waals surface area contributed by atoms with Gasteiger partial charge in [0.15, 0.2) is 5.76 Å². The molecule has 4 aromatic rings. The molecule has 33 heavy (non-hydrogen) atoms. The Hall–Kier alpha value is -3.51. The van der Waals surface area contributed by atoms with Gasteiger partial charge < -0.3 is 14.5 Å². The maximum absolute atomic E-state index is 12.5. The number of furan rings is 1. The van der Waals surface area contributed by atoms with E-state index in [2.05, 4.69) is 36.4 Å². The van der Waals surface area contributed by atoms with Gasteiger partial charge in [-0.05, 0) is 53.8 Å². The third-order valence-electron chi connectivity index (χ3n) is 5.51. The fraction of sp³-hybridized carbons (Fsp3) is 0.231. The molecule has 0 aliphatic heterocycles. The molecule has 170 valence electrons. The van der Waals surface area contributed by atoms with E-state index in [1.54, 1.807) is 29.2 Å². The first-order chi connectivity index (χ1) is 16.0. The van der Waals surface area contributed by atoms with Crippen LogP contribution in [0.3, 0.4) is 0 Å². The van der Waals surface area contributed by atoms with Gasteiger partial charge in [0.1, 0.15) is 18.1 Å². The minimum Gasteiger partial charge on any atom is -0.486 e. The van der Waals surface area contributed by atoms with Gasteiger partial charge in [-0.15, -0.1) is 0 Å². The minimum atomic E-state index is -0.351. The van der Waals surface area contributed by atoms with E-state index in [0.717, 1.165) is 17.7 Å². The number of carbonyl (C=O) groups is 1. The van der Waals surface area contributed by atoms with Crippen molar-refractivity contribution in [1.82, 2.24) is 9.78 Å². The lowest BCUT2D eigenvalue weighted by Crippen LogP contribution is -2.10. The molecule has 0 spiro atoms. The number of ether oxygens (including phenoxy) is 1. The van der Waals surface area contributed by atoms with Crippen LogP contribution in [0.25, 0.3) is 0 Å². The predicted molar refractivity (Wildman–Crippen MR) is 129 cm³/mol. The number of hydrogen-bond acceptors (Lipinski definition) is 4. The van der Waals surface area contributed by atoms with E-state index in [0.29, 0.717) is 28.9 Å². The molecule has 2 aromatic carbocycles. The van der Waals surface area contributed by atoms with E-state index in [4.69, 9.17) is 20.8 Å². The van der Waals surface area contributed by atoms with Gasteiger partial charge in [-0.2, -0.15) is 5.10 Å². The Labute approximate surface area is 198 Å². The molecule has 0 saturated heterocycles. The summed E-state index contributed by atoms with van der Waals surface area (Å²) in [6.45, 7) is 5.13. The van der Waals surface area contributed by atoms with Crippen LogP contribution >= 0.6 is 11.6 Å². The van der Waals surface area contributed by atoms with Crippen LogP contribution in [-0.4, -0.2) is 15.7 Å². The number of nitrogens with zero attached hydrogens (tertiary/aromatic N) is 2. The summed E-state index contributed by atoms with van der Waals surface area (Å²) in [6.07, 6.45) is 4.43. The third kappa shape index (κ3) is 5.84. The minimum absolute atomic E-state index is 0.208. The van der Waals surface area contributed by atoms with Crippen LogP contribution in [0.4, 0.5) is 5.69 Å². The van der Waals surface area contributed by atoms with Crippen molar-refractivity contribution in [3.05, 3.63) is 101 Å². The Bertz CT molecular complexity index is 1210. The first-order valence-electron chi connectivity index (χ1n) is 10.9. The monoisotopic (exact) mass is 463 g/mol. The number of carbonyl (C=O) groups excluding carboxylic acids is 1. The van der Waals surface area contributed by atoms with E-state index in [-0.39, 0.29) is 18.3 Å². The number of aromatic nitrogens is 2. The fourth-order valence-corrected chi connectivity index (χ4v) is 3.56. The number of hydrogen-bond donors (Lipinski definition) is 1. The highest BCUT2D eigenvalue weighted by Crippen LogP contribution is 2.22. The van der Waals surface area contributed by atoms with Crippen LogP contribution in [0.1, 0.15) is 53.6 Å². The topological polar surface area (TPSA) is 69.3 Å². The lowest BCUT2D eigenvalue weighted by atomic mass is 9.99. The fourth-order valence-electron chi connectivity index (χ4n) is 3.37. The van der Waals surface area contributed by atoms with Crippen molar-refractivity contribution < 1.29 is 13.9 Å². The molecule has 0 bridgehead atoms. The second kappa shape index (κ2) is 10.4. The zero-order valence-electron chi connectivity index (χ0n) is 18.6. The zero-order chi connectivity index (χ0) is 23.2. The number of anilines is 1. The Morgan fingerprint density at radius 2 is 1.94 bits per heavy atom. The second-order valence-electron chi connectivity index (χ2n) is 7.91. The van der Waals surface area contributed by atoms with E-state index in [9.17, 15) is 4.79 Å². The summed E-state index contributed by atoms with van der Waals surface area (Å²) >= 11 is 6.20. The molecule has 0 aliphatic rings. The molecular weight excluding hydrogens is 438 g/mol. The van der Waals surface area contributed by atoms with Crippen molar-refractivity contribution in [3.8, 4) is 5.75 Å². The highest BCUT2D eigenvalue weighted by atomic mass is 35.5. The molecule has 2 aromatic heterocycles. The third-order valence-corrected chi connectivity index (χ3v) is 5.88. The number of halogens is 1. The Balaban J connectivity index is 1.31. The molecule has 4 rings (SSSR count). The predicted octanol–water partition coefficient (Wildman–Crippen LogP) is 6.52. The quantitative estimate of drug-likeness (QED) is 0.306. The first kappa shape index (κ1) is 22.7. The van der Waals surface area contributed by atoms with Crippen LogP contribution in [0, 0.1) is 0 Å². The largest absolute Gasteiger partial charge is 0.486 e. The van der Waals surface area contributed by atoms with Crippen molar-refractivity contribution >= 4 is 23.2 Å². The van der Waals surface area contributed by atoms with Crippen molar-refractivity contribution in [2.45, 2.75) is 39.3 Å². The van der Waals surface area contributed by atoms with Crippen LogP contribution < -0.4 is 10.1 Å². The maximum Gasteiger partial charge on any atom is 0.291 e. The lowest BCUT2D eigenvalue weighted by molar-refractivity contribution is 0.0992. The summed E-state index contributed by atoms with van der Waals surface area (Å²) in [7, 11) is 0. The molecule has 1 N–H and O–H groups in total. The van der Waals surface area contributed by atoms with Crippen molar-refractivity contribution in [1.29, 1.82) is 0 Å². The summed E-state index contributed by atoms with van der Waals surface area (Å²) in [6, 6.07) is 19.0. The van der Waals surface area contributed by atoms with Crippen molar-refractivity contribution in [3.63, 3.8) is 0 Å². The van der Waals surface area contributed by atoms with Crippen LogP contribution in [0.5, 0.6) is 5.75 Å². The number of benzene rings is 2. The number of rotatable bonds is 9. The normalized spacial score (nSPS) is 11.8. The van der Waals surface area contributed by atoms with Crippen LogP contribution in [0.15, 0.2) is 77.5 Å². The smallest absolute Gasteiger partial charge is 0.291 e. The summed E-state index contributed by atoms with van der Waals surface area (Å²) in [4.78, 5) is 12.5. The summed E-state index contributed by atoms with van der Waals surface area (Å²) in [5.74, 6) is 1.71. The first-order valence-corrected chi connectivity index (χ1v) is 11.3. The number of nitrogens with one attached hydrogen (secondary N) is 1. The maximum atomic E-state index is 12.5. The second-order valence-corrected chi connectivity index (χ2v) is 8.31. The molecule has 1 unspecified atom stereocenters. The van der Waals surface area contributed by atoms with Gasteiger partial charge in [-0.1, -0.05) is 55.8 Å². The van der Waals surface area contributed by atoms with Gasteiger partial charge in [0.2, 0.25) is 0 Å². The van der Waals surface area contributed by atoms with E-state index >= 15 is 0 Å². The van der Waals surface area contributed by atoms with E-state index in [1.165, 1.54) is 5.56 Å². The SMILES string of the molecule is CCC(C)c1ccc(OCc2ccc(C(=O)Nc3cnn(Cc4ccccc4Cl)c3)o2)cc1. The molecule has 7 heteroatoms. The van der Waals surface area contributed by atoms with Gasteiger partial charge in [0, 0.05) is 11.2 Å². The molecular formula is C26H26ClN3O3. The number of amides is 1. The molecule has 1 atom stereocenters. The van der Waals surface area contributed by atoms with Crippen molar-refractivity contribution in [2.75, 3.05) is 5.32 Å².